The maximum absolute atomic E-state index is 14.3. The van der Waals surface area contributed by atoms with Gasteiger partial charge in [-0.15, -0.1) is 11.3 Å². The van der Waals surface area contributed by atoms with Crippen LogP contribution >= 0.6 is 11.3 Å². The third kappa shape index (κ3) is 8.37. The molecule has 4 fully saturated rings. The van der Waals surface area contributed by atoms with Gasteiger partial charge in [-0.25, -0.2) is 15.2 Å². The number of nitrogens with zero attached hydrogens (tertiary/aromatic N) is 6. The quantitative estimate of drug-likeness (QED) is 0.210. The van der Waals surface area contributed by atoms with Crippen LogP contribution < -0.4 is 15.6 Å². The summed E-state index contributed by atoms with van der Waals surface area (Å²) in [6, 6.07) is 7.03. The standard InChI is InChI=1S/C45H60N8O6S/c1-10-52-36-12-11-27-19-31(36)33(40(52)32-20-30(23-46-38(32)26(2)57-9)51-15-13-50(8)14-16-51)22-45(6,7)25-58-42(55)39-28-17-29(18-28)53(49-39)41(54)34(21-37-47-35(27)24-60-37)48-43(56)59-44(3,4)5/h11-12,19-20,23-24,26,28-29,34,39,49H,10,13-18,21-22,25H2,1-9H3,(H,48,56)/t26-,28?,29?,34-,39?/m0/s1. The number of amides is 2. The van der Waals surface area contributed by atoms with Gasteiger partial charge >= 0.3 is 12.1 Å². The number of piperazine rings is 1. The number of nitrogens with one attached hydrogen (secondary N) is 2. The van der Waals surface area contributed by atoms with Crippen molar-refractivity contribution in [3.05, 3.63) is 52.1 Å². The molecule has 0 radical (unpaired) electrons. The molecular formula is C45H60N8O6S. The Balaban J connectivity index is 1.26. The number of carbonyl (C=O) groups is 3. The molecule has 1 unspecified atom stereocenters. The number of fused-ring (bicyclic) bond motifs is 4. The molecule has 2 N–H and O–H groups in total. The first kappa shape index (κ1) is 42.1. The molecule has 1 aliphatic carbocycles. The Morgan fingerprint density at radius 3 is 2.58 bits per heavy atom. The summed E-state index contributed by atoms with van der Waals surface area (Å²) in [5, 5.41) is 8.17. The van der Waals surface area contributed by atoms with Crippen molar-refractivity contribution >= 4 is 45.9 Å². The predicted molar refractivity (Wildman–Crippen MR) is 233 cm³/mol. The molecule has 8 bridgehead atoms. The topological polar surface area (TPSA) is 143 Å². The number of hydrogen-bond donors (Lipinski definition) is 2. The largest absolute Gasteiger partial charge is 0.464 e. The van der Waals surface area contributed by atoms with Crippen molar-refractivity contribution in [1.29, 1.82) is 0 Å². The highest BCUT2D eigenvalue weighted by atomic mass is 32.1. The fraction of sp³-hybridized carbons (Fsp3) is 0.578. The van der Waals surface area contributed by atoms with E-state index >= 15 is 0 Å². The smallest absolute Gasteiger partial charge is 0.408 e. The number of hydrogen-bond acceptors (Lipinski definition) is 12. The SMILES string of the molecule is CCn1c(-c2cc(N3CCN(C)CC3)cnc2[C@H](C)OC)c2c3cc(ccc31)-c1csc(n1)C[C@H](NC(=O)OC(C)(C)C)C(=O)N1NC(C(=O)OCC(C)(C)C2)C2CC1C2. The van der Waals surface area contributed by atoms with E-state index < -0.39 is 29.2 Å². The van der Waals surface area contributed by atoms with Crippen LogP contribution in [0.3, 0.4) is 0 Å². The normalized spacial score (nSPS) is 24.1. The molecule has 7 heterocycles. The second-order valence-corrected chi connectivity index (χ2v) is 19.7. The van der Waals surface area contributed by atoms with Gasteiger partial charge in [0, 0.05) is 85.1 Å². The van der Waals surface area contributed by atoms with E-state index in [4.69, 9.17) is 24.2 Å². The van der Waals surface area contributed by atoms with E-state index in [1.165, 1.54) is 11.3 Å². The van der Waals surface area contributed by atoms with Crippen LogP contribution in [-0.2, 0) is 43.2 Å². The summed E-state index contributed by atoms with van der Waals surface area (Å²) in [5.41, 5.74) is 10.00. The zero-order valence-corrected chi connectivity index (χ0v) is 37.3. The van der Waals surface area contributed by atoms with E-state index in [9.17, 15) is 14.4 Å². The Kier molecular flexibility index (Phi) is 11.5. The van der Waals surface area contributed by atoms with E-state index in [0.717, 1.165) is 76.5 Å². The summed E-state index contributed by atoms with van der Waals surface area (Å²) in [6.45, 7) is 18.5. The number of cyclic esters (lactones) is 1. The molecule has 5 aliphatic rings. The Hall–Kier alpha value is -4.57. The number of methoxy groups -OCH3 is 1. The zero-order valence-electron chi connectivity index (χ0n) is 36.5. The maximum atomic E-state index is 14.3. The van der Waals surface area contributed by atoms with Crippen LogP contribution in [0.25, 0.3) is 33.4 Å². The summed E-state index contributed by atoms with van der Waals surface area (Å²) < 4.78 is 20.2. The summed E-state index contributed by atoms with van der Waals surface area (Å²) in [4.78, 5) is 56.5. The van der Waals surface area contributed by atoms with Gasteiger partial charge in [-0.2, -0.15) is 0 Å². The lowest BCUT2D eigenvalue weighted by molar-refractivity contribution is -0.170. The highest BCUT2D eigenvalue weighted by Gasteiger charge is 2.51. The van der Waals surface area contributed by atoms with Gasteiger partial charge in [0.2, 0.25) is 0 Å². The molecule has 14 nitrogen and oxygen atoms in total. The van der Waals surface area contributed by atoms with Crippen LogP contribution in [0.5, 0.6) is 0 Å². The Morgan fingerprint density at radius 1 is 1.13 bits per heavy atom. The number of anilines is 1. The molecule has 0 spiro atoms. The van der Waals surface area contributed by atoms with E-state index in [-0.39, 0.29) is 43.0 Å². The van der Waals surface area contributed by atoms with E-state index in [1.54, 1.807) is 32.9 Å². The van der Waals surface area contributed by atoms with Crippen molar-refractivity contribution in [2.24, 2.45) is 11.3 Å². The molecule has 1 aromatic carbocycles. The number of ether oxygens (including phenoxy) is 3. The lowest BCUT2D eigenvalue weighted by Gasteiger charge is -2.53. The summed E-state index contributed by atoms with van der Waals surface area (Å²) in [7, 11) is 3.89. The third-order valence-corrected chi connectivity index (χ3v) is 13.4. The van der Waals surface area contributed by atoms with Gasteiger partial charge in [-0.1, -0.05) is 19.9 Å². The minimum absolute atomic E-state index is 0.0490. The van der Waals surface area contributed by atoms with Crippen molar-refractivity contribution in [3.8, 4) is 22.5 Å². The van der Waals surface area contributed by atoms with Gasteiger partial charge in [-0.05, 0) is 90.6 Å². The Bertz CT molecular complexity index is 2270. The summed E-state index contributed by atoms with van der Waals surface area (Å²) >= 11 is 1.45. The molecular weight excluding hydrogens is 781 g/mol. The summed E-state index contributed by atoms with van der Waals surface area (Å²) in [5.74, 6) is -0.675. The molecule has 1 saturated carbocycles. The second-order valence-electron chi connectivity index (χ2n) is 18.8. The fourth-order valence-electron chi connectivity index (χ4n) is 9.10. The first-order chi connectivity index (χ1) is 28.5. The van der Waals surface area contributed by atoms with Gasteiger partial charge in [0.1, 0.15) is 17.7 Å². The molecule has 2 amide bonds. The first-order valence-corrected chi connectivity index (χ1v) is 22.2. The van der Waals surface area contributed by atoms with Crippen LogP contribution in [0.15, 0.2) is 35.8 Å². The number of aromatic nitrogens is 3. The van der Waals surface area contributed by atoms with Crippen molar-refractivity contribution in [1.82, 2.24) is 35.2 Å². The average molecular weight is 841 g/mol. The number of benzene rings is 1. The minimum atomic E-state index is -0.980. The van der Waals surface area contributed by atoms with Crippen molar-refractivity contribution in [2.45, 2.75) is 111 Å². The first-order valence-electron chi connectivity index (χ1n) is 21.3. The number of thiazole rings is 1. The van der Waals surface area contributed by atoms with Gasteiger partial charge in [0.25, 0.3) is 5.91 Å². The average Bonchev–Trinajstić information content (AvgIpc) is 3.79. The Morgan fingerprint density at radius 2 is 1.88 bits per heavy atom. The van der Waals surface area contributed by atoms with Gasteiger partial charge < -0.3 is 33.9 Å². The van der Waals surface area contributed by atoms with Gasteiger partial charge in [0.15, 0.2) is 0 Å². The molecule has 322 valence electrons. The van der Waals surface area contributed by atoms with Gasteiger partial charge in [-0.3, -0.25) is 19.6 Å². The molecule has 4 aliphatic heterocycles. The molecule has 3 saturated heterocycles. The van der Waals surface area contributed by atoms with Crippen LogP contribution in [0.4, 0.5) is 10.5 Å². The van der Waals surface area contributed by atoms with Crippen molar-refractivity contribution in [2.75, 3.05) is 51.8 Å². The number of hydrazine groups is 1. The van der Waals surface area contributed by atoms with E-state index in [1.807, 2.05) is 18.5 Å². The van der Waals surface area contributed by atoms with Crippen molar-refractivity contribution < 1.29 is 28.6 Å². The Labute approximate surface area is 356 Å². The number of pyridine rings is 1. The number of carbonyl (C=O) groups excluding carboxylic acids is 3. The van der Waals surface area contributed by atoms with Crippen LogP contribution in [0.1, 0.15) is 83.7 Å². The number of rotatable bonds is 6. The molecule has 15 heteroatoms. The molecule has 4 aromatic rings. The number of aryl methyl sites for hydroxylation is 1. The molecule has 3 aromatic heterocycles. The van der Waals surface area contributed by atoms with E-state index in [2.05, 4.69) is 77.2 Å². The molecule has 9 rings (SSSR count). The fourth-order valence-corrected chi connectivity index (χ4v) is 9.95. The van der Waals surface area contributed by atoms with Gasteiger partial charge in [0.05, 0.1) is 46.7 Å². The van der Waals surface area contributed by atoms with Crippen LogP contribution in [-0.4, -0.2) is 113 Å². The predicted octanol–water partition coefficient (Wildman–Crippen LogP) is 6.36. The lowest BCUT2D eigenvalue weighted by Crippen LogP contribution is -2.71. The van der Waals surface area contributed by atoms with Crippen molar-refractivity contribution in [3.63, 3.8) is 0 Å². The number of esters is 1. The minimum Gasteiger partial charge on any atom is -0.464 e. The maximum Gasteiger partial charge on any atom is 0.408 e. The molecule has 3 atom stereocenters. The summed E-state index contributed by atoms with van der Waals surface area (Å²) in [6.07, 6.45) is 3.14. The van der Waals surface area contributed by atoms with Crippen LogP contribution in [0.2, 0.25) is 0 Å². The lowest BCUT2D eigenvalue weighted by atomic mass is 9.73. The number of alkyl carbamates (subject to hydrolysis) is 1. The highest BCUT2D eigenvalue weighted by Crippen LogP contribution is 2.44. The molecule has 60 heavy (non-hydrogen) atoms. The van der Waals surface area contributed by atoms with E-state index in [0.29, 0.717) is 30.8 Å². The second kappa shape index (κ2) is 16.4. The highest BCUT2D eigenvalue weighted by molar-refractivity contribution is 7.10. The monoisotopic (exact) mass is 840 g/mol. The number of likely N-dealkylation sites (N-methyl/N-ethyl adjacent to an activating group) is 1. The van der Waals surface area contributed by atoms with Crippen LogP contribution in [0, 0.1) is 11.3 Å². The zero-order chi connectivity index (χ0) is 42.7. The third-order valence-electron chi connectivity index (χ3n) is 12.5.